The van der Waals surface area contributed by atoms with Crippen LogP contribution in [0.2, 0.25) is 0 Å². The molecule has 0 unspecified atom stereocenters. The third kappa shape index (κ3) is 4.14. The second-order valence-electron chi connectivity index (χ2n) is 5.30. The summed E-state index contributed by atoms with van der Waals surface area (Å²) in [5.41, 5.74) is 4.07. The van der Waals surface area contributed by atoms with Gasteiger partial charge in [0.05, 0.1) is 22.9 Å². The molecule has 0 amide bonds. The van der Waals surface area contributed by atoms with Crippen LogP contribution in [-0.4, -0.2) is 23.1 Å². The fraction of sp³-hybridized carbons (Fsp3) is 0.375. The average Bonchev–Trinajstić information content (AvgIpc) is 2.38. The summed E-state index contributed by atoms with van der Waals surface area (Å²) >= 11 is 0. The van der Waals surface area contributed by atoms with Crippen LogP contribution in [0, 0.1) is 5.92 Å². The Morgan fingerprint density at radius 1 is 1.26 bits per heavy atom. The van der Waals surface area contributed by atoms with Crippen molar-refractivity contribution in [1.29, 1.82) is 0 Å². The van der Waals surface area contributed by atoms with Crippen molar-refractivity contribution in [1.82, 2.24) is 15.3 Å². The summed E-state index contributed by atoms with van der Waals surface area (Å²) in [4.78, 5) is 9.01. The van der Waals surface area contributed by atoms with Gasteiger partial charge in [-0.05, 0) is 37.6 Å². The third-order valence-corrected chi connectivity index (χ3v) is 2.82. The first-order valence-electron chi connectivity index (χ1n) is 6.75. The van der Waals surface area contributed by atoms with Crippen LogP contribution < -0.4 is 5.32 Å². The molecule has 2 rings (SSSR count). The summed E-state index contributed by atoms with van der Waals surface area (Å²) in [6.07, 6.45) is 3.92. The van der Waals surface area contributed by atoms with E-state index in [0.29, 0.717) is 5.92 Å². The third-order valence-electron chi connectivity index (χ3n) is 2.82. The van der Waals surface area contributed by atoms with Gasteiger partial charge in [0.2, 0.25) is 0 Å². The van der Waals surface area contributed by atoms with Crippen molar-refractivity contribution < 1.29 is 0 Å². The van der Waals surface area contributed by atoms with Crippen LogP contribution >= 0.6 is 0 Å². The molecule has 0 aliphatic rings. The minimum absolute atomic E-state index is 0.674. The van der Waals surface area contributed by atoms with E-state index in [1.165, 1.54) is 5.57 Å². The smallest absolute Gasteiger partial charge is 0.0894 e. The minimum Gasteiger partial charge on any atom is -0.313 e. The molecule has 3 nitrogen and oxygen atoms in total. The Morgan fingerprint density at radius 2 is 2.00 bits per heavy atom. The number of fused-ring (bicyclic) bond motifs is 1. The molecule has 0 aliphatic heterocycles. The monoisotopic (exact) mass is 255 g/mol. The van der Waals surface area contributed by atoms with E-state index in [0.717, 1.165) is 29.8 Å². The first kappa shape index (κ1) is 13.7. The van der Waals surface area contributed by atoms with Gasteiger partial charge in [-0.3, -0.25) is 4.98 Å². The van der Waals surface area contributed by atoms with E-state index in [9.17, 15) is 0 Å². The van der Waals surface area contributed by atoms with E-state index >= 15 is 0 Å². The van der Waals surface area contributed by atoms with E-state index in [2.05, 4.69) is 42.1 Å². The first-order chi connectivity index (χ1) is 9.15. The topological polar surface area (TPSA) is 37.8 Å². The lowest BCUT2D eigenvalue weighted by Crippen LogP contribution is -2.21. The highest BCUT2D eigenvalue weighted by Crippen LogP contribution is 2.10. The minimum atomic E-state index is 0.674. The van der Waals surface area contributed by atoms with Gasteiger partial charge in [0.15, 0.2) is 0 Å². The highest BCUT2D eigenvalue weighted by molar-refractivity contribution is 5.74. The molecule has 0 saturated heterocycles. The lowest BCUT2D eigenvalue weighted by atomic mass is 10.2. The highest BCUT2D eigenvalue weighted by Gasteiger charge is 1.98. The zero-order valence-electron chi connectivity index (χ0n) is 11.9. The lowest BCUT2D eigenvalue weighted by molar-refractivity contribution is 0.572. The van der Waals surface area contributed by atoms with E-state index in [4.69, 9.17) is 0 Å². The Kier molecular flexibility index (Phi) is 4.63. The van der Waals surface area contributed by atoms with Gasteiger partial charge in [-0.2, -0.15) is 0 Å². The molecule has 0 fully saturated rings. The van der Waals surface area contributed by atoms with Crippen LogP contribution in [-0.2, 0) is 0 Å². The van der Waals surface area contributed by atoms with Gasteiger partial charge in [0, 0.05) is 6.54 Å². The molecule has 19 heavy (non-hydrogen) atoms. The van der Waals surface area contributed by atoms with Gasteiger partial charge < -0.3 is 5.32 Å². The van der Waals surface area contributed by atoms with Crippen LogP contribution in [0.4, 0.5) is 0 Å². The largest absolute Gasteiger partial charge is 0.313 e. The summed E-state index contributed by atoms with van der Waals surface area (Å²) in [5.74, 6) is 0.674. The standard InChI is InChI=1S/C16H21N3/c1-12(2)9-17-10-13(3)8-14-11-18-15-6-4-5-7-16(15)19-14/h4-8,11-12,17H,9-10H2,1-3H3. The van der Waals surface area contributed by atoms with Crippen molar-refractivity contribution >= 4 is 17.1 Å². The molecule has 100 valence electrons. The van der Waals surface area contributed by atoms with Crippen molar-refractivity contribution in [2.75, 3.05) is 13.1 Å². The number of nitrogens with one attached hydrogen (secondary N) is 1. The van der Waals surface area contributed by atoms with Gasteiger partial charge in [-0.15, -0.1) is 0 Å². The number of benzene rings is 1. The summed E-state index contributed by atoms with van der Waals surface area (Å²) in [5, 5.41) is 3.43. The predicted octanol–water partition coefficient (Wildman–Crippen LogP) is 3.28. The van der Waals surface area contributed by atoms with Crippen LogP contribution in [0.25, 0.3) is 17.1 Å². The molecule has 2 aromatic rings. The maximum absolute atomic E-state index is 4.59. The van der Waals surface area contributed by atoms with Crippen LogP contribution in [0.5, 0.6) is 0 Å². The Hall–Kier alpha value is -1.74. The molecule has 3 heteroatoms. The molecule has 1 aromatic carbocycles. The molecule has 1 heterocycles. The fourth-order valence-corrected chi connectivity index (χ4v) is 1.90. The molecule has 0 aliphatic carbocycles. The molecule has 0 saturated carbocycles. The maximum atomic E-state index is 4.59. The molecule has 1 aromatic heterocycles. The normalized spacial score (nSPS) is 12.3. The zero-order chi connectivity index (χ0) is 13.7. The number of hydrogen-bond donors (Lipinski definition) is 1. The number of rotatable bonds is 5. The fourth-order valence-electron chi connectivity index (χ4n) is 1.90. The molecule has 0 bridgehead atoms. The van der Waals surface area contributed by atoms with E-state index in [-0.39, 0.29) is 0 Å². The Balaban J connectivity index is 2.07. The summed E-state index contributed by atoms with van der Waals surface area (Å²) in [6, 6.07) is 7.94. The van der Waals surface area contributed by atoms with Gasteiger partial charge in [0.1, 0.15) is 0 Å². The SMILES string of the molecule is CC(=Cc1cnc2ccccc2n1)CNCC(C)C. The summed E-state index contributed by atoms with van der Waals surface area (Å²) in [6.45, 7) is 8.47. The Labute approximate surface area is 114 Å². The number of aromatic nitrogens is 2. The first-order valence-corrected chi connectivity index (χ1v) is 6.75. The van der Waals surface area contributed by atoms with Gasteiger partial charge in [-0.1, -0.05) is 31.6 Å². The predicted molar refractivity (Wildman–Crippen MR) is 80.9 cm³/mol. The van der Waals surface area contributed by atoms with Crippen molar-refractivity contribution in [2.24, 2.45) is 5.92 Å². The van der Waals surface area contributed by atoms with E-state index in [1.807, 2.05) is 30.5 Å². The molecule has 1 N–H and O–H groups in total. The molecule has 0 spiro atoms. The Morgan fingerprint density at radius 3 is 2.74 bits per heavy atom. The van der Waals surface area contributed by atoms with Crippen LogP contribution in [0.3, 0.4) is 0 Å². The van der Waals surface area contributed by atoms with Crippen LogP contribution in [0.1, 0.15) is 26.5 Å². The second-order valence-corrected chi connectivity index (χ2v) is 5.30. The van der Waals surface area contributed by atoms with Crippen molar-refractivity contribution in [3.63, 3.8) is 0 Å². The van der Waals surface area contributed by atoms with Crippen molar-refractivity contribution in [3.05, 3.63) is 41.7 Å². The zero-order valence-corrected chi connectivity index (χ0v) is 11.9. The number of para-hydroxylation sites is 2. The molecule has 0 atom stereocenters. The van der Waals surface area contributed by atoms with Gasteiger partial charge >= 0.3 is 0 Å². The number of hydrogen-bond acceptors (Lipinski definition) is 3. The van der Waals surface area contributed by atoms with E-state index in [1.54, 1.807) is 0 Å². The maximum Gasteiger partial charge on any atom is 0.0894 e. The Bertz CT molecular complexity index is 573. The quantitative estimate of drug-likeness (QED) is 0.891. The second kappa shape index (κ2) is 6.43. The highest BCUT2D eigenvalue weighted by atomic mass is 14.9. The summed E-state index contributed by atoms with van der Waals surface area (Å²) < 4.78 is 0. The molecular formula is C16H21N3. The van der Waals surface area contributed by atoms with Crippen molar-refractivity contribution in [3.8, 4) is 0 Å². The summed E-state index contributed by atoms with van der Waals surface area (Å²) in [7, 11) is 0. The van der Waals surface area contributed by atoms with Gasteiger partial charge in [-0.25, -0.2) is 4.98 Å². The molecular weight excluding hydrogens is 234 g/mol. The number of nitrogens with zero attached hydrogens (tertiary/aromatic N) is 2. The van der Waals surface area contributed by atoms with Gasteiger partial charge in [0.25, 0.3) is 0 Å². The van der Waals surface area contributed by atoms with Crippen LogP contribution in [0.15, 0.2) is 36.0 Å². The van der Waals surface area contributed by atoms with E-state index < -0.39 is 0 Å². The lowest BCUT2D eigenvalue weighted by Gasteiger charge is -2.07. The van der Waals surface area contributed by atoms with Crippen molar-refractivity contribution in [2.45, 2.75) is 20.8 Å². The molecule has 0 radical (unpaired) electrons. The average molecular weight is 255 g/mol.